The number of carbonyl (C=O) groups excluding carboxylic acids is 1. The normalized spacial score (nSPS) is 15.4. The van der Waals surface area contributed by atoms with Gasteiger partial charge in [0.05, 0.1) is 11.9 Å². The van der Waals surface area contributed by atoms with Gasteiger partial charge in [0, 0.05) is 32.2 Å². The highest BCUT2D eigenvalue weighted by molar-refractivity contribution is 6.05. The zero-order valence-corrected chi connectivity index (χ0v) is 14.3. The summed E-state index contributed by atoms with van der Waals surface area (Å²) in [7, 11) is 0. The van der Waals surface area contributed by atoms with Crippen molar-refractivity contribution < 1.29 is 22.7 Å². The monoisotopic (exact) mass is 381 g/mol. The van der Waals surface area contributed by atoms with Crippen LogP contribution in [-0.4, -0.2) is 40.6 Å². The molecule has 3 heterocycles. The molecular formula is C17H18F3N5O2. The Balaban J connectivity index is 1.65. The molecule has 0 aromatic carbocycles. The molecule has 0 atom stereocenters. The molecular weight excluding hydrogens is 363 g/mol. The summed E-state index contributed by atoms with van der Waals surface area (Å²) in [4.78, 5) is 23.9. The standard InChI is InChI=1S/C17H18F3N5O2/c18-17(19,20)13-2-1-12(10-23-13)25-16(26)14-15(22-6-5-21-14)24-9-11-3-7-27-8-4-11/h1-2,5-6,10-11H,3-4,7-9H2,(H,22,24)(H,25,26). The van der Waals surface area contributed by atoms with Gasteiger partial charge in [0.15, 0.2) is 11.5 Å². The molecule has 0 bridgehead atoms. The summed E-state index contributed by atoms with van der Waals surface area (Å²) >= 11 is 0. The third-order valence-corrected chi connectivity index (χ3v) is 4.12. The van der Waals surface area contributed by atoms with Crippen LogP contribution in [0.15, 0.2) is 30.7 Å². The van der Waals surface area contributed by atoms with E-state index in [9.17, 15) is 18.0 Å². The van der Waals surface area contributed by atoms with Crippen LogP contribution in [0, 0.1) is 5.92 Å². The summed E-state index contributed by atoms with van der Waals surface area (Å²) in [6.07, 6.45) is 1.10. The van der Waals surface area contributed by atoms with Crippen molar-refractivity contribution in [2.75, 3.05) is 30.4 Å². The second-order valence-corrected chi connectivity index (χ2v) is 6.07. The molecule has 1 fully saturated rings. The van der Waals surface area contributed by atoms with Crippen LogP contribution >= 0.6 is 0 Å². The fraction of sp³-hybridized carbons (Fsp3) is 0.412. The van der Waals surface area contributed by atoms with E-state index in [2.05, 4.69) is 25.6 Å². The fourth-order valence-electron chi connectivity index (χ4n) is 2.65. The van der Waals surface area contributed by atoms with Crippen molar-refractivity contribution in [2.45, 2.75) is 19.0 Å². The summed E-state index contributed by atoms with van der Waals surface area (Å²) in [5, 5.41) is 5.61. The van der Waals surface area contributed by atoms with E-state index in [-0.39, 0.29) is 11.4 Å². The summed E-state index contributed by atoms with van der Waals surface area (Å²) in [5.74, 6) is 0.149. The van der Waals surface area contributed by atoms with Crippen LogP contribution in [0.4, 0.5) is 24.7 Å². The molecule has 1 saturated heterocycles. The van der Waals surface area contributed by atoms with Gasteiger partial charge in [-0.3, -0.25) is 4.79 Å². The number of rotatable bonds is 5. The largest absolute Gasteiger partial charge is 0.433 e. The van der Waals surface area contributed by atoms with Crippen molar-refractivity contribution in [3.8, 4) is 0 Å². The van der Waals surface area contributed by atoms with E-state index in [1.165, 1.54) is 12.4 Å². The van der Waals surface area contributed by atoms with Gasteiger partial charge in [0.2, 0.25) is 0 Å². The minimum Gasteiger partial charge on any atom is -0.381 e. The summed E-state index contributed by atoms with van der Waals surface area (Å²) < 4.78 is 43.0. The van der Waals surface area contributed by atoms with Crippen molar-refractivity contribution in [1.29, 1.82) is 0 Å². The third kappa shape index (κ3) is 5.13. The van der Waals surface area contributed by atoms with Crippen molar-refractivity contribution >= 4 is 17.4 Å². The number of hydrogen-bond acceptors (Lipinski definition) is 6. The van der Waals surface area contributed by atoms with Gasteiger partial charge in [-0.15, -0.1) is 0 Å². The van der Waals surface area contributed by atoms with E-state index in [4.69, 9.17) is 4.74 Å². The fourth-order valence-corrected chi connectivity index (χ4v) is 2.65. The molecule has 27 heavy (non-hydrogen) atoms. The first-order chi connectivity index (χ1) is 12.9. The Morgan fingerprint density at radius 1 is 1.15 bits per heavy atom. The van der Waals surface area contributed by atoms with Crippen LogP contribution < -0.4 is 10.6 Å². The highest BCUT2D eigenvalue weighted by Gasteiger charge is 2.32. The predicted octanol–water partition coefficient (Wildman–Crippen LogP) is 2.98. The lowest BCUT2D eigenvalue weighted by Gasteiger charge is -2.22. The van der Waals surface area contributed by atoms with Gasteiger partial charge in [0.25, 0.3) is 5.91 Å². The number of anilines is 2. The quantitative estimate of drug-likeness (QED) is 0.828. The topological polar surface area (TPSA) is 89.0 Å². The van der Waals surface area contributed by atoms with Gasteiger partial charge in [-0.05, 0) is 30.9 Å². The van der Waals surface area contributed by atoms with Crippen LogP contribution in [0.1, 0.15) is 29.0 Å². The Kier molecular flexibility index (Phi) is 5.84. The van der Waals surface area contributed by atoms with Gasteiger partial charge in [-0.25, -0.2) is 15.0 Å². The molecule has 0 aliphatic carbocycles. The van der Waals surface area contributed by atoms with Crippen molar-refractivity contribution in [3.05, 3.63) is 42.1 Å². The summed E-state index contributed by atoms with van der Waals surface area (Å²) in [6, 6.07) is 1.94. The van der Waals surface area contributed by atoms with Gasteiger partial charge in [-0.2, -0.15) is 13.2 Å². The van der Waals surface area contributed by atoms with Crippen LogP contribution in [0.3, 0.4) is 0 Å². The first-order valence-electron chi connectivity index (χ1n) is 8.40. The van der Waals surface area contributed by atoms with Crippen molar-refractivity contribution in [3.63, 3.8) is 0 Å². The van der Waals surface area contributed by atoms with E-state index in [0.29, 0.717) is 31.5 Å². The van der Waals surface area contributed by atoms with Crippen LogP contribution in [0.5, 0.6) is 0 Å². The molecule has 2 aromatic heterocycles. The molecule has 3 rings (SSSR count). The lowest BCUT2D eigenvalue weighted by Crippen LogP contribution is -2.24. The van der Waals surface area contributed by atoms with Crippen LogP contribution in [0.25, 0.3) is 0 Å². The highest BCUT2D eigenvalue weighted by Crippen LogP contribution is 2.28. The Morgan fingerprint density at radius 2 is 1.89 bits per heavy atom. The van der Waals surface area contributed by atoms with Gasteiger partial charge < -0.3 is 15.4 Å². The van der Waals surface area contributed by atoms with E-state index in [1.807, 2.05) is 0 Å². The van der Waals surface area contributed by atoms with E-state index in [1.54, 1.807) is 0 Å². The maximum Gasteiger partial charge on any atom is 0.433 e. The lowest BCUT2D eigenvalue weighted by atomic mass is 10.0. The first kappa shape index (κ1) is 19.0. The number of nitrogens with zero attached hydrogens (tertiary/aromatic N) is 3. The van der Waals surface area contributed by atoms with Gasteiger partial charge >= 0.3 is 6.18 Å². The SMILES string of the molecule is O=C(Nc1ccc(C(F)(F)F)nc1)c1nccnc1NCC1CCOCC1. The molecule has 0 unspecified atom stereocenters. The molecule has 1 aliphatic rings. The molecule has 2 N–H and O–H groups in total. The smallest absolute Gasteiger partial charge is 0.381 e. The minimum absolute atomic E-state index is 0.0597. The molecule has 1 aliphatic heterocycles. The van der Waals surface area contributed by atoms with Crippen LogP contribution in [0.2, 0.25) is 0 Å². The third-order valence-electron chi connectivity index (χ3n) is 4.12. The van der Waals surface area contributed by atoms with Crippen LogP contribution in [-0.2, 0) is 10.9 Å². The second-order valence-electron chi connectivity index (χ2n) is 6.07. The minimum atomic E-state index is -4.53. The summed E-state index contributed by atoms with van der Waals surface area (Å²) in [5.41, 5.74) is -0.836. The average Bonchev–Trinajstić information content (AvgIpc) is 2.67. The molecule has 0 radical (unpaired) electrons. The van der Waals surface area contributed by atoms with E-state index in [0.717, 1.165) is 31.2 Å². The maximum atomic E-state index is 12.6. The van der Waals surface area contributed by atoms with Gasteiger partial charge in [0.1, 0.15) is 5.69 Å². The Morgan fingerprint density at radius 3 is 2.56 bits per heavy atom. The molecule has 0 spiro atoms. The van der Waals surface area contributed by atoms with Crippen molar-refractivity contribution in [2.24, 2.45) is 5.92 Å². The highest BCUT2D eigenvalue weighted by atomic mass is 19.4. The first-order valence-corrected chi connectivity index (χ1v) is 8.40. The molecule has 10 heteroatoms. The number of nitrogens with one attached hydrogen (secondary N) is 2. The number of alkyl halides is 3. The lowest BCUT2D eigenvalue weighted by molar-refractivity contribution is -0.141. The van der Waals surface area contributed by atoms with Crippen molar-refractivity contribution in [1.82, 2.24) is 15.0 Å². The van der Waals surface area contributed by atoms with E-state index >= 15 is 0 Å². The average molecular weight is 381 g/mol. The number of hydrogen-bond donors (Lipinski definition) is 2. The summed E-state index contributed by atoms with van der Waals surface area (Å²) in [6.45, 7) is 2.05. The molecule has 144 valence electrons. The molecule has 2 aromatic rings. The maximum absolute atomic E-state index is 12.6. The predicted molar refractivity (Wildman–Crippen MR) is 91.3 cm³/mol. The Hall–Kier alpha value is -2.75. The molecule has 7 nitrogen and oxygen atoms in total. The zero-order chi connectivity index (χ0) is 19.3. The Labute approximate surface area is 153 Å². The van der Waals surface area contributed by atoms with E-state index < -0.39 is 17.8 Å². The number of amides is 1. The number of carbonyl (C=O) groups is 1. The number of pyridine rings is 1. The zero-order valence-electron chi connectivity index (χ0n) is 14.3. The number of halogens is 3. The molecule has 1 amide bonds. The van der Waals surface area contributed by atoms with Gasteiger partial charge in [-0.1, -0.05) is 0 Å². The Bertz CT molecular complexity index is 777. The number of aromatic nitrogens is 3. The second kappa shape index (κ2) is 8.30. The number of ether oxygens (including phenoxy) is 1. The molecule has 0 saturated carbocycles.